The number of hydrogen-bond donors (Lipinski definition) is 0. The topological polar surface area (TPSA) is 38.8 Å². The van der Waals surface area contributed by atoms with E-state index >= 15 is 0 Å². The highest BCUT2D eigenvalue weighted by Gasteiger charge is 2.33. The Morgan fingerprint density at radius 1 is 1.09 bits per heavy atom. The summed E-state index contributed by atoms with van der Waals surface area (Å²) >= 11 is 12.7. The van der Waals surface area contributed by atoms with Gasteiger partial charge in [-0.3, -0.25) is 9.69 Å². The number of amides is 1. The number of hydrogen-bond acceptors (Lipinski definition) is 5. The molecule has 1 amide bonds. The van der Waals surface area contributed by atoms with Crippen LogP contribution in [-0.4, -0.2) is 17.3 Å². The van der Waals surface area contributed by atoms with E-state index in [4.69, 9.17) is 33.3 Å². The minimum Gasteiger partial charge on any atom is -0.493 e. The first kappa shape index (κ1) is 22.3. The smallest absolute Gasteiger partial charge is 0.270 e. The third kappa shape index (κ3) is 4.96. The average molecular weight is 486 g/mol. The van der Waals surface area contributed by atoms with Crippen LogP contribution >= 0.6 is 35.6 Å². The number of thiocarbonyl (C=S) groups is 1. The summed E-state index contributed by atoms with van der Waals surface area (Å²) in [5.74, 6) is 0.556. The summed E-state index contributed by atoms with van der Waals surface area (Å²) in [4.78, 5) is 14.9. The Morgan fingerprint density at radius 2 is 1.88 bits per heavy atom. The maximum absolute atomic E-state index is 13.1. The van der Waals surface area contributed by atoms with E-state index in [1.54, 1.807) is 61.7 Å². The second-order valence-electron chi connectivity index (χ2n) is 6.82. The molecule has 4 rings (SSSR count). The average Bonchev–Trinajstić information content (AvgIpc) is 3.06. The van der Waals surface area contributed by atoms with E-state index in [9.17, 15) is 9.18 Å². The Morgan fingerprint density at radius 3 is 2.59 bits per heavy atom. The highest BCUT2D eigenvalue weighted by Crippen LogP contribution is 2.37. The van der Waals surface area contributed by atoms with E-state index in [2.05, 4.69) is 0 Å². The largest absolute Gasteiger partial charge is 0.493 e. The number of anilines is 1. The number of benzene rings is 3. The molecule has 1 aliphatic heterocycles. The number of rotatable bonds is 6. The van der Waals surface area contributed by atoms with E-state index in [0.29, 0.717) is 31.4 Å². The Kier molecular flexibility index (Phi) is 6.79. The molecule has 3 aromatic carbocycles. The number of nitrogens with zero attached hydrogens (tertiary/aromatic N) is 1. The SMILES string of the molecule is COc1cc(/C=C2/SC(=S)N(c3cccc(Cl)c3)C2=O)ccc1OCc1ccc(F)cc1. The molecule has 162 valence electrons. The molecule has 1 aliphatic rings. The zero-order chi connectivity index (χ0) is 22.7. The highest BCUT2D eigenvalue weighted by atomic mass is 35.5. The summed E-state index contributed by atoms with van der Waals surface area (Å²) in [5.41, 5.74) is 2.23. The maximum atomic E-state index is 13.1. The summed E-state index contributed by atoms with van der Waals surface area (Å²) in [7, 11) is 1.54. The third-order valence-corrected chi connectivity index (χ3v) is 6.19. The number of halogens is 2. The van der Waals surface area contributed by atoms with Crippen LogP contribution in [0.3, 0.4) is 0 Å². The molecule has 0 radical (unpaired) electrons. The Bertz CT molecular complexity index is 1210. The van der Waals surface area contributed by atoms with Crippen LogP contribution in [0, 0.1) is 5.82 Å². The van der Waals surface area contributed by atoms with Crippen molar-refractivity contribution in [1.82, 2.24) is 0 Å². The van der Waals surface area contributed by atoms with Crippen molar-refractivity contribution in [2.45, 2.75) is 6.61 Å². The van der Waals surface area contributed by atoms with Gasteiger partial charge in [-0.1, -0.05) is 59.8 Å². The van der Waals surface area contributed by atoms with Crippen molar-refractivity contribution >= 4 is 57.6 Å². The second kappa shape index (κ2) is 9.73. The van der Waals surface area contributed by atoms with Crippen LogP contribution in [0.4, 0.5) is 10.1 Å². The normalized spacial score (nSPS) is 14.8. The van der Waals surface area contributed by atoms with Crippen LogP contribution in [0.2, 0.25) is 5.02 Å². The lowest BCUT2D eigenvalue weighted by Gasteiger charge is -2.14. The Labute approximate surface area is 199 Å². The molecule has 0 saturated carbocycles. The molecule has 0 spiro atoms. The summed E-state index contributed by atoms with van der Waals surface area (Å²) in [6.07, 6.45) is 1.76. The van der Waals surface area contributed by atoms with Crippen LogP contribution in [0.5, 0.6) is 11.5 Å². The first-order valence-corrected chi connectivity index (χ1v) is 11.1. The van der Waals surface area contributed by atoms with Gasteiger partial charge in [0.2, 0.25) is 0 Å². The van der Waals surface area contributed by atoms with Gasteiger partial charge in [0.15, 0.2) is 15.8 Å². The lowest BCUT2D eigenvalue weighted by atomic mass is 10.1. The molecule has 0 bridgehead atoms. The van der Waals surface area contributed by atoms with Crippen molar-refractivity contribution in [3.63, 3.8) is 0 Å². The van der Waals surface area contributed by atoms with Gasteiger partial charge in [-0.15, -0.1) is 0 Å². The molecule has 1 saturated heterocycles. The number of carbonyl (C=O) groups excluding carboxylic acids is 1. The zero-order valence-corrected chi connectivity index (χ0v) is 19.3. The second-order valence-corrected chi connectivity index (χ2v) is 8.93. The molecule has 8 heteroatoms. The van der Waals surface area contributed by atoms with E-state index in [1.807, 2.05) is 6.07 Å². The number of ether oxygens (including phenoxy) is 2. The van der Waals surface area contributed by atoms with Gasteiger partial charge in [0.25, 0.3) is 5.91 Å². The van der Waals surface area contributed by atoms with Gasteiger partial charge in [0.05, 0.1) is 17.7 Å². The van der Waals surface area contributed by atoms with Crippen molar-refractivity contribution in [2.75, 3.05) is 12.0 Å². The zero-order valence-electron chi connectivity index (χ0n) is 16.9. The predicted octanol–water partition coefficient (Wildman–Crippen LogP) is 6.47. The molecule has 1 fully saturated rings. The van der Waals surface area contributed by atoms with Gasteiger partial charge in [-0.25, -0.2) is 4.39 Å². The molecular weight excluding hydrogens is 469 g/mol. The lowest BCUT2D eigenvalue weighted by molar-refractivity contribution is -0.113. The first-order chi connectivity index (χ1) is 15.4. The molecule has 0 atom stereocenters. The van der Waals surface area contributed by atoms with Crippen LogP contribution in [0.1, 0.15) is 11.1 Å². The minimum absolute atomic E-state index is 0.210. The molecular formula is C24H17ClFNO3S2. The molecule has 4 nitrogen and oxygen atoms in total. The monoisotopic (exact) mass is 485 g/mol. The highest BCUT2D eigenvalue weighted by molar-refractivity contribution is 8.27. The first-order valence-electron chi connectivity index (χ1n) is 9.53. The molecule has 0 unspecified atom stereocenters. The number of methoxy groups -OCH3 is 1. The van der Waals surface area contributed by atoms with E-state index in [0.717, 1.165) is 11.1 Å². The Hall–Kier alpha value is -2.87. The summed E-state index contributed by atoms with van der Waals surface area (Å²) < 4.78 is 24.8. The predicted molar refractivity (Wildman–Crippen MR) is 131 cm³/mol. The van der Waals surface area contributed by atoms with Gasteiger partial charge in [0, 0.05) is 5.02 Å². The molecule has 0 N–H and O–H groups in total. The van der Waals surface area contributed by atoms with Gasteiger partial charge in [-0.05, 0) is 59.7 Å². The summed E-state index contributed by atoms with van der Waals surface area (Å²) in [6.45, 7) is 0.272. The number of carbonyl (C=O) groups is 1. The number of thioether (sulfide) groups is 1. The van der Waals surface area contributed by atoms with Crippen LogP contribution in [0.25, 0.3) is 6.08 Å². The molecule has 1 heterocycles. The van der Waals surface area contributed by atoms with Gasteiger partial charge in [0.1, 0.15) is 12.4 Å². The molecule has 32 heavy (non-hydrogen) atoms. The standard InChI is InChI=1S/C24H17ClFNO3S2/c1-29-21-11-16(7-10-20(21)30-14-15-5-8-18(26)9-6-15)12-22-23(28)27(24(31)32-22)19-4-2-3-17(25)13-19/h2-13H,14H2,1H3/b22-12+. The Balaban J connectivity index is 1.53. The van der Waals surface area contributed by atoms with Crippen LogP contribution < -0.4 is 14.4 Å². The van der Waals surface area contributed by atoms with E-state index in [1.165, 1.54) is 28.8 Å². The van der Waals surface area contributed by atoms with Crippen LogP contribution in [0.15, 0.2) is 71.6 Å². The van der Waals surface area contributed by atoms with E-state index < -0.39 is 0 Å². The van der Waals surface area contributed by atoms with Crippen molar-refractivity contribution in [2.24, 2.45) is 0 Å². The summed E-state index contributed by atoms with van der Waals surface area (Å²) in [6, 6.07) is 18.5. The van der Waals surface area contributed by atoms with Gasteiger partial charge >= 0.3 is 0 Å². The fourth-order valence-corrected chi connectivity index (χ4v) is 4.58. The summed E-state index contributed by atoms with van der Waals surface area (Å²) in [5, 5.41) is 0.529. The lowest BCUT2D eigenvalue weighted by Crippen LogP contribution is -2.27. The molecule has 0 aromatic heterocycles. The minimum atomic E-state index is -0.295. The fraction of sp³-hybridized carbons (Fsp3) is 0.0833. The molecule has 0 aliphatic carbocycles. The van der Waals surface area contributed by atoms with Crippen molar-refractivity contribution in [3.05, 3.63) is 93.6 Å². The van der Waals surface area contributed by atoms with Crippen molar-refractivity contribution < 1.29 is 18.7 Å². The van der Waals surface area contributed by atoms with Gasteiger partial charge in [-0.2, -0.15) is 0 Å². The van der Waals surface area contributed by atoms with E-state index in [-0.39, 0.29) is 18.3 Å². The maximum Gasteiger partial charge on any atom is 0.270 e. The van der Waals surface area contributed by atoms with Crippen molar-refractivity contribution in [1.29, 1.82) is 0 Å². The molecule has 3 aromatic rings. The van der Waals surface area contributed by atoms with Crippen LogP contribution in [-0.2, 0) is 11.4 Å². The van der Waals surface area contributed by atoms with Crippen molar-refractivity contribution in [3.8, 4) is 11.5 Å². The van der Waals surface area contributed by atoms with Gasteiger partial charge < -0.3 is 9.47 Å². The third-order valence-electron chi connectivity index (χ3n) is 4.65. The fourth-order valence-electron chi connectivity index (χ4n) is 3.09. The quantitative estimate of drug-likeness (QED) is 0.295.